The monoisotopic (exact) mass is 300 g/mol. The van der Waals surface area contributed by atoms with Gasteiger partial charge in [-0.3, -0.25) is 0 Å². The molecule has 22 heavy (non-hydrogen) atoms. The van der Waals surface area contributed by atoms with Gasteiger partial charge in [-0.25, -0.2) is 19.4 Å². The van der Waals surface area contributed by atoms with Gasteiger partial charge in [0, 0.05) is 5.69 Å². The number of anilines is 3. The lowest BCUT2D eigenvalue weighted by Gasteiger charge is -2.07. The maximum absolute atomic E-state index is 11.6. The van der Waals surface area contributed by atoms with E-state index in [9.17, 15) is 4.79 Å². The van der Waals surface area contributed by atoms with Gasteiger partial charge in [0.05, 0.1) is 12.2 Å². The quantitative estimate of drug-likeness (QED) is 0.688. The molecule has 112 valence electrons. The van der Waals surface area contributed by atoms with Crippen molar-refractivity contribution in [1.82, 2.24) is 20.3 Å². The minimum Gasteiger partial charge on any atom is -0.462 e. The largest absolute Gasteiger partial charge is 0.462 e. The Balaban J connectivity index is 1.82. The van der Waals surface area contributed by atoms with Crippen LogP contribution in [0.25, 0.3) is 11.3 Å². The van der Waals surface area contributed by atoms with Crippen LogP contribution in [-0.2, 0) is 4.74 Å². The Labute approximate surface area is 124 Å². The minimum atomic E-state index is -0.372. The summed E-state index contributed by atoms with van der Waals surface area (Å²) in [6.45, 7) is 2.08. The first kappa shape index (κ1) is 13.7. The van der Waals surface area contributed by atoms with Crippen molar-refractivity contribution in [1.29, 1.82) is 0 Å². The first-order valence-electron chi connectivity index (χ1n) is 6.47. The van der Waals surface area contributed by atoms with Gasteiger partial charge in [0.1, 0.15) is 0 Å². The third-order valence-corrected chi connectivity index (χ3v) is 2.80. The van der Waals surface area contributed by atoms with Crippen molar-refractivity contribution >= 4 is 34.6 Å². The van der Waals surface area contributed by atoms with Gasteiger partial charge in [-0.05, 0) is 41.5 Å². The highest BCUT2D eigenvalue weighted by molar-refractivity contribution is 5.90. The van der Waals surface area contributed by atoms with Crippen LogP contribution in [0.3, 0.4) is 0 Å². The number of nitrogens with zero attached hydrogens (tertiary/aromatic N) is 4. The van der Waals surface area contributed by atoms with Gasteiger partial charge in [-0.1, -0.05) is 0 Å². The summed E-state index contributed by atoms with van der Waals surface area (Å²) in [4.78, 5) is 19.7. The molecule has 9 nitrogen and oxygen atoms in total. The van der Waals surface area contributed by atoms with Crippen LogP contribution in [-0.4, -0.2) is 32.9 Å². The molecule has 0 unspecified atom stereocenters. The lowest BCUT2D eigenvalue weighted by atomic mass is 10.2. The maximum Gasteiger partial charge on any atom is 0.338 e. The lowest BCUT2D eigenvalue weighted by molar-refractivity contribution is 0.0526. The molecule has 1 aromatic carbocycles. The number of fused-ring (bicyclic) bond motifs is 1. The van der Waals surface area contributed by atoms with Crippen molar-refractivity contribution in [3.8, 4) is 0 Å². The number of nitrogen functional groups attached to an aromatic ring is 1. The fourth-order valence-corrected chi connectivity index (χ4v) is 1.78. The molecule has 0 bridgehead atoms. The lowest BCUT2D eigenvalue weighted by Crippen LogP contribution is -2.05. The topological polar surface area (TPSA) is 129 Å². The number of nitrogens with one attached hydrogen (secondary N) is 1. The Morgan fingerprint density at radius 3 is 2.59 bits per heavy atom. The average molecular weight is 300 g/mol. The Morgan fingerprint density at radius 1 is 1.23 bits per heavy atom. The molecular weight excluding hydrogens is 288 g/mol. The third kappa shape index (κ3) is 2.64. The summed E-state index contributed by atoms with van der Waals surface area (Å²) in [5.41, 5.74) is 7.42. The second kappa shape index (κ2) is 5.64. The van der Waals surface area contributed by atoms with Gasteiger partial charge in [-0.15, -0.1) is 0 Å². The molecule has 2 heterocycles. The zero-order chi connectivity index (χ0) is 15.5. The van der Waals surface area contributed by atoms with E-state index in [0.29, 0.717) is 23.7 Å². The number of nitrogens with two attached hydrogens (primary N) is 1. The first-order valence-corrected chi connectivity index (χ1v) is 6.47. The number of carbonyl (C=O) groups is 1. The SMILES string of the molecule is CCOC(=O)c1ccc(Nc2nc3nonc3nc2N)cc1. The van der Waals surface area contributed by atoms with Gasteiger partial charge in [0.25, 0.3) is 0 Å². The summed E-state index contributed by atoms with van der Waals surface area (Å²) in [6, 6.07) is 6.69. The number of carbonyl (C=O) groups excluding carboxylic acids is 1. The van der Waals surface area contributed by atoms with Crippen molar-refractivity contribution in [3.63, 3.8) is 0 Å². The minimum absolute atomic E-state index is 0.165. The first-order chi connectivity index (χ1) is 10.7. The van der Waals surface area contributed by atoms with E-state index in [2.05, 4.69) is 30.2 Å². The fraction of sp³-hybridized carbons (Fsp3) is 0.154. The Bertz CT molecular complexity index is 814. The van der Waals surface area contributed by atoms with Gasteiger partial charge in [-0.2, -0.15) is 0 Å². The summed E-state index contributed by atoms with van der Waals surface area (Å²) in [6.07, 6.45) is 0. The summed E-state index contributed by atoms with van der Waals surface area (Å²) in [5.74, 6) is 0.119. The molecule has 3 rings (SSSR count). The zero-order valence-corrected chi connectivity index (χ0v) is 11.6. The van der Waals surface area contributed by atoms with Crippen LogP contribution in [0.4, 0.5) is 17.3 Å². The highest BCUT2D eigenvalue weighted by Crippen LogP contribution is 2.21. The number of aromatic nitrogens is 4. The highest BCUT2D eigenvalue weighted by atomic mass is 16.6. The van der Waals surface area contributed by atoms with E-state index in [4.69, 9.17) is 10.5 Å². The average Bonchev–Trinajstić information content (AvgIpc) is 2.95. The van der Waals surface area contributed by atoms with Crippen LogP contribution in [0.15, 0.2) is 28.9 Å². The molecule has 0 saturated heterocycles. The molecule has 0 aliphatic rings. The van der Waals surface area contributed by atoms with Crippen LogP contribution < -0.4 is 11.1 Å². The molecule has 3 N–H and O–H groups in total. The van der Waals surface area contributed by atoms with Crippen molar-refractivity contribution in [2.75, 3.05) is 17.7 Å². The van der Waals surface area contributed by atoms with E-state index in [-0.39, 0.29) is 23.1 Å². The summed E-state index contributed by atoms with van der Waals surface area (Å²) < 4.78 is 9.45. The van der Waals surface area contributed by atoms with E-state index in [1.165, 1.54) is 0 Å². The molecule has 0 aliphatic carbocycles. The fourth-order valence-electron chi connectivity index (χ4n) is 1.78. The van der Waals surface area contributed by atoms with E-state index >= 15 is 0 Å². The molecule has 0 spiro atoms. The molecule has 0 fully saturated rings. The van der Waals surface area contributed by atoms with E-state index in [1.54, 1.807) is 31.2 Å². The van der Waals surface area contributed by atoms with Crippen molar-refractivity contribution in [3.05, 3.63) is 29.8 Å². The number of ether oxygens (including phenoxy) is 1. The van der Waals surface area contributed by atoms with Crippen LogP contribution in [0.2, 0.25) is 0 Å². The van der Waals surface area contributed by atoms with Crippen LogP contribution in [0.5, 0.6) is 0 Å². The molecule has 0 atom stereocenters. The summed E-state index contributed by atoms with van der Waals surface area (Å²) >= 11 is 0. The second-order valence-electron chi connectivity index (χ2n) is 4.29. The predicted molar refractivity (Wildman–Crippen MR) is 77.5 cm³/mol. The zero-order valence-electron chi connectivity index (χ0n) is 11.6. The molecule has 0 aliphatic heterocycles. The van der Waals surface area contributed by atoms with Crippen molar-refractivity contribution < 1.29 is 14.2 Å². The highest BCUT2D eigenvalue weighted by Gasteiger charge is 2.11. The van der Waals surface area contributed by atoms with Crippen LogP contribution in [0, 0.1) is 0 Å². The van der Waals surface area contributed by atoms with Gasteiger partial charge in [0.2, 0.25) is 11.3 Å². The smallest absolute Gasteiger partial charge is 0.338 e. The molecule has 0 saturated carbocycles. The van der Waals surface area contributed by atoms with Gasteiger partial charge in [0.15, 0.2) is 11.6 Å². The van der Waals surface area contributed by atoms with E-state index < -0.39 is 0 Å². The Hall–Kier alpha value is -3.23. The van der Waals surface area contributed by atoms with Gasteiger partial charge < -0.3 is 15.8 Å². The molecule has 9 heteroatoms. The van der Waals surface area contributed by atoms with Crippen LogP contribution >= 0.6 is 0 Å². The number of rotatable bonds is 4. The second-order valence-corrected chi connectivity index (χ2v) is 4.29. The third-order valence-electron chi connectivity index (χ3n) is 2.80. The van der Waals surface area contributed by atoms with Crippen molar-refractivity contribution in [2.45, 2.75) is 6.92 Å². The van der Waals surface area contributed by atoms with Gasteiger partial charge >= 0.3 is 5.97 Å². The number of esters is 1. The Kier molecular flexibility index (Phi) is 3.52. The standard InChI is InChI=1S/C13H12N6O3/c1-2-21-13(20)7-3-5-8(6-4-7)15-10-9(14)16-11-12(17-10)19-22-18-11/h3-6H,2H2,1H3,(H2,14,16,18)(H,15,17,19). The maximum atomic E-state index is 11.6. The molecule has 3 aromatic rings. The van der Waals surface area contributed by atoms with Crippen molar-refractivity contribution in [2.24, 2.45) is 0 Å². The van der Waals surface area contributed by atoms with Crippen LogP contribution in [0.1, 0.15) is 17.3 Å². The Morgan fingerprint density at radius 2 is 1.91 bits per heavy atom. The predicted octanol–water partition coefficient (Wildman–Crippen LogP) is 1.52. The normalized spacial score (nSPS) is 10.6. The summed E-state index contributed by atoms with van der Waals surface area (Å²) in [7, 11) is 0. The number of hydrogen-bond acceptors (Lipinski definition) is 9. The molecule has 2 aromatic heterocycles. The number of hydrogen-bond donors (Lipinski definition) is 2. The number of benzene rings is 1. The van der Waals surface area contributed by atoms with E-state index in [0.717, 1.165) is 0 Å². The molecular formula is C13H12N6O3. The molecule has 0 radical (unpaired) electrons. The summed E-state index contributed by atoms with van der Waals surface area (Å²) in [5, 5.41) is 10.2. The van der Waals surface area contributed by atoms with E-state index in [1.807, 2.05) is 0 Å². The molecule has 0 amide bonds.